The maximum Gasteiger partial charge on any atom is 0.269 e. The van der Waals surface area contributed by atoms with Gasteiger partial charge in [0, 0.05) is 30.9 Å². The van der Waals surface area contributed by atoms with E-state index in [1.807, 2.05) is 0 Å². The summed E-state index contributed by atoms with van der Waals surface area (Å²) in [6.07, 6.45) is 3.40. The quantitative estimate of drug-likeness (QED) is 0.533. The summed E-state index contributed by atoms with van der Waals surface area (Å²) >= 11 is 0. The van der Waals surface area contributed by atoms with Crippen LogP contribution in [0.4, 0.5) is 5.69 Å². The zero-order chi connectivity index (χ0) is 14.1. The standard InChI is InChI=1S/C12H9N5O3/c1-16-7-9(6-13-16)11-14-12(20-15-11)8-2-4-10(5-3-8)17(18)19/h2-7H,1H3. The summed E-state index contributed by atoms with van der Waals surface area (Å²) in [4.78, 5) is 14.4. The molecule has 0 aliphatic rings. The second-order valence-corrected chi connectivity index (χ2v) is 4.13. The van der Waals surface area contributed by atoms with Crippen molar-refractivity contribution in [3.8, 4) is 22.8 Å². The third-order valence-corrected chi connectivity index (χ3v) is 2.71. The molecule has 2 heterocycles. The van der Waals surface area contributed by atoms with Gasteiger partial charge in [0.1, 0.15) is 0 Å². The van der Waals surface area contributed by atoms with Gasteiger partial charge in [-0.2, -0.15) is 10.1 Å². The van der Waals surface area contributed by atoms with Crippen molar-refractivity contribution in [2.24, 2.45) is 7.05 Å². The first-order valence-electron chi connectivity index (χ1n) is 5.71. The first-order valence-corrected chi connectivity index (χ1v) is 5.71. The Morgan fingerprint density at radius 2 is 2.00 bits per heavy atom. The van der Waals surface area contributed by atoms with Gasteiger partial charge in [-0.05, 0) is 12.1 Å². The van der Waals surface area contributed by atoms with Crippen LogP contribution < -0.4 is 0 Å². The lowest BCUT2D eigenvalue weighted by molar-refractivity contribution is -0.384. The fourth-order valence-electron chi connectivity index (χ4n) is 1.72. The third-order valence-electron chi connectivity index (χ3n) is 2.71. The number of hydrogen-bond donors (Lipinski definition) is 0. The summed E-state index contributed by atoms with van der Waals surface area (Å²) in [7, 11) is 1.79. The highest BCUT2D eigenvalue weighted by Crippen LogP contribution is 2.23. The summed E-state index contributed by atoms with van der Waals surface area (Å²) in [5.74, 6) is 0.727. The maximum atomic E-state index is 10.6. The van der Waals surface area contributed by atoms with Crippen molar-refractivity contribution in [1.82, 2.24) is 19.9 Å². The Kier molecular flexibility index (Phi) is 2.75. The minimum absolute atomic E-state index is 0.0146. The summed E-state index contributed by atoms with van der Waals surface area (Å²) in [6.45, 7) is 0. The van der Waals surface area contributed by atoms with Gasteiger partial charge in [0.25, 0.3) is 11.6 Å². The number of benzene rings is 1. The largest absolute Gasteiger partial charge is 0.334 e. The third kappa shape index (κ3) is 2.14. The number of nitro groups is 1. The zero-order valence-electron chi connectivity index (χ0n) is 10.4. The second-order valence-electron chi connectivity index (χ2n) is 4.13. The number of nitrogens with zero attached hydrogens (tertiary/aromatic N) is 5. The molecule has 0 saturated carbocycles. The molecule has 0 saturated heterocycles. The number of aromatic nitrogens is 4. The Morgan fingerprint density at radius 1 is 1.25 bits per heavy atom. The summed E-state index contributed by atoms with van der Waals surface area (Å²) in [6, 6.07) is 5.92. The van der Waals surface area contributed by atoms with Crippen LogP contribution >= 0.6 is 0 Å². The van der Waals surface area contributed by atoms with Crippen LogP contribution in [-0.4, -0.2) is 24.8 Å². The number of aryl methyl sites for hydroxylation is 1. The fraction of sp³-hybridized carbons (Fsp3) is 0.0833. The Bertz CT molecular complexity index is 760. The molecule has 8 heteroatoms. The van der Waals surface area contributed by atoms with Crippen LogP contribution in [0.15, 0.2) is 41.2 Å². The van der Waals surface area contributed by atoms with E-state index in [0.29, 0.717) is 17.3 Å². The topological polar surface area (TPSA) is 99.9 Å². The van der Waals surface area contributed by atoms with Gasteiger partial charge in [0.2, 0.25) is 5.82 Å². The molecule has 0 aliphatic heterocycles. The average Bonchev–Trinajstić information content (AvgIpc) is 3.07. The lowest BCUT2D eigenvalue weighted by atomic mass is 10.2. The van der Waals surface area contributed by atoms with Gasteiger partial charge in [-0.25, -0.2) is 0 Å². The fourth-order valence-corrected chi connectivity index (χ4v) is 1.72. The lowest BCUT2D eigenvalue weighted by Gasteiger charge is -1.93. The molecule has 0 amide bonds. The smallest absolute Gasteiger partial charge is 0.269 e. The van der Waals surface area contributed by atoms with Gasteiger partial charge in [-0.3, -0.25) is 14.8 Å². The number of rotatable bonds is 3. The highest BCUT2D eigenvalue weighted by molar-refractivity contribution is 5.59. The molecule has 3 rings (SSSR count). The molecule has 0 bridgehead atoms. The van der Waals surface area contributed by atoms with Gasteiger partial charge in [-0.1, -0.05) is 5.16 Å². The number of non-ortho nitro benzene ring substituents is 1. The Hall–Kier alpha value is -3.03. The molecule has 100 valence electrons. The van der Waals surface area contributed by atoms with E-state index < -0.39 is 4.92 Å². The highest BCUT2D eigenvalue weighted by Gasteiger charge is 2.13. The van der Waals surface area contributed by atoms with E-state index in [4.69, 9.17) is 4.52 Å². The molecular weight excluding hydrogens is 262 g/mol. The predicted octanol–water partition coefficient (Wildman–Crippen LogP) is 2.05. The van der Waals surface area contributed by atoms with Crippen molar-refractivity contribution >= 4 is 5.69 Å². The second kappa shape index (κ2) is 4.57. The van der Waals surface area contributed by atoms with Gasteiger partial charge >= 0.3 is 0 Å². The maximum absolute atomic E-state index is 10.6. The zero-order valence-corrected chi connectivity index (χ0v) is 10.4. The molecule has 0 N–H and O–H groups in total. The Morgan fingerprint density at radius 3 is 2.60 bits per heavy atom. The molecule has 2 aromatic heterocycles. The van der Waals surface area contributed by atoms with E-state index in [-0.39, 0.29) is 5.69 Å². The first kappa shape index (κ1) is 12.0. The van der Waals surface area contributed by atoms with E-state index in [1.165, 1.54) is 12.1 Å². The van der Waals surface area contributed by atoms with Crippen molar-refractivity contribution in [3.05, 3.63) is 46.8 Å². The number of hydrogen-bond acceptors (Lipinski definition) is 6. The SMILES string of the molecule is Cn1cc(-c2noc(-c3ccc([N+](=O)[O-])cc3)n2)cn1. The lowest BCUT2D eigenvalue weighted by Crippen LogP contribution is -1.87. The average molecular weight is 271 g/mol. The van der Waals surface area contributed by atoms with Gasteiger partial charge in [0.05, 0.1) is 16.7 Å². The van der Waals surface area contributed by atoms with E-state index in [2.05, 4.69) is 15.2 Å². The van der Waals surface area contributed by atoms with E-state index in [9.17, 15) is 10.1 Å². The summed E-state index contributed by atoms with van der Waals surface area (Å²) < 4.78 is 6.78. The molecular formula is C12H9N5O3. The molecule has 8 nitrogen and oxygen atoms in total. The molecule has 0 aliphatic carbocycles. The molecule has 0 atom stereocenters. The monoisotopic (exact) mass is 271 g/mol. The highest BCUT2D eigenvalue weighted by atomic mass is 16.6. The van der Waals surface area contributed by atoms with Crippen molar-refractivity contribution in [1.29, 1.82) is 0 Å². The van der Waals surface area contributed by atoms with Crippen molar-refractivity contribution in [2.75, 3.05) is 0 Å². The van der Waals surface area contributed by atoms with Crippen LogP contribution in [-0.2, 0) is 7.05 Å². The van der Waals surface area contributed by atoms with Crippen LogP contribution in [0.25, 0.3) is 22.8 Å². The predicted molar refractivity (Wildman–Crippen MR) is 68.6 cm³/mol. The van der Waals surface area contributed by atoms with Crippen LogP contribution in [0.3, 0.4) is 0 Å². The van der Waals surface area contributed by atoms with Gasteiger partial charge < -0.3 is 4.52 Å². The Labute approximate surface area is 112 Å². The molecule has 0 fully saturated rings. The van der Waals surface area contributed by atoms with Gasteiger partial charge in [0.15, 0.2) is 0 Å². The summed E-state index contributed by atoms with van der Waals surface area (Å²) in [5.41, 5.74) is 1.38. The van der Waals surface area contributed by atoms with Crippen LogP contribution in [0.5, 0.6) is 0 Å². The van der Waals surface area contributed by atoms with Crippen LogP contribution in [0.1, 0.15) is 0 Å². The van der Waals surface area contributed by atoms with E-state index in [0.717, 1.165) is 5.56 Å². The van der Waals surface area contributed by atoms with Crippen molar-refractivity contribution < 1.29 is 9.45 Å². The molecule has 1 aromatic carbocycles. The molecule has 3 aromatic rings. The minimum Gasteiger partial charge on any atom is -0.334 e. The molecule has 0 radical (unpaired) electrons. The molecule has 0 unspecified atom stereocenters. The Balaban J connectivity index is 1.91. The van der Waals surface area contributed by atoms with Gasteiger partial charge in [-0.15, -0.1) is 0 Å². The summed E-state index contributed by atoms with van der Waals surface area (Å²) in [5, 5.41) is 18.5. The minimum atomic E-state index is -0.460. The van der Waals surface area contributed by atoms with E-state index in [1.54, 1.807) is 36.3 Å². The molecule has 20 heavy (non-hydrogen) atoms. The van der Waals surface area contributed by atoms with Crippen molar-refractivity contribution in [2.45, 2.75) is 0 Å². The number of nitro benzene ring substituents is 1. The molecule has 0 spiro atoms. The van der Waals surface area contributed by atoms with Crippen LogP contribution in [0.2, 0.25) is 0 Å². The van der Waals surface area contributed by atoms with Crippen LogP contribution in [0, 0.1) is 10.1 Å². The van der Waals surface area contributed by atoms with Crippen molar-refractivity contribution in [3.63, 3.8) is 0 Å². The normalized spacial score (nSPS) is 10.7. The van der Waals surface area contributed by atoms with E-state index >= 15 is 0 Å². The first-order chi connectivity index (χ1) is 9.63.